The lowest BCUT2D eigenvalue weighted by atomic mass is 10.1. The molecule has 0 unspecified atom stereocenters. The maximum Gasteiger partial charge on any atom is 0.183 e. The number of aryl methyl sites for hydroxylation is 1. The molecule has 3 heterocycles. The molecular weight excluding hydrogens is 442 g/mol. The lowest BCUT2D eigenvalue weighted by Gasteiger charge is -2.14. The van der Waals surface area contributed by atoms with Gasteiger partial charge in [0.25, 0.3) is 0 Å². The van der Waals surface area contributed by atoms with Crippen molar-refractivity contribution in [2.45, 2.75) is 13.5 Å². The molecule has 5 aromatic rings. The number of anilines is 1. The van der Waals surface area contributed by atoms with Gasteiger partial charge >= 0.3 is 0 Å². The molecule has 0 bridgehead atoms. The molecule has 9 heteroatoms. The first-order valence-electron chi connectivity index (χ1n) is 9.78. The maximum absolute atomic E-state index is 9.80. The Bertz CT molecular complexity index is 1470. The van der Waals surface area contributed by atoms with E-state index in [2.05, 4.69) is 26.5 Å². The quantitative estimate of drug-likeness (QED) is 0.380. The number of rotatable bonds is 5. The van der Waals surface area contributed by atoms with Crippen molar-refractivity contribution in [2.75, 3.05) is 5.32 Å². The molecule has 156 valence electrons. The summed E-state index contributed by atoms with van der Waals surface area (Å²) in [4.78, 5) is 13.7. The molecule has 0 atom stereocenters. The number of hydrogen-bond acceptors (Lipinski definition) is 7. The standard InChI is InChI=1S/C23H16ClN7S/c1-14-7-8-31(30-14)23-20(16-9-17(24)21-19(10-16)32-13-27-21)28-18(11-25)22(29-23)26-12-15-5-3-2-4-6-15/h2-10,13H,12H2,1H3,(H,26,29). The Hall–Kier alpha value is -3.80. The van der Waals surface area contributed by atoms with Crippen LogP contribution in [0.3, 0.4) is 0 Å². The summed E-state index contributed by atoms with van der Waals surface area (Å²) in [5.41, 5.74) is 5.87. The van der Waals surface area contributed by atoms with Crippen LogP contribution >= 0.6 is 22.9 Å². The molecule has 32 heavy (non-hydrogen) atoms. The van der Waals surface area contributed by atoms with Gasteiger partial charge in [0, 0.05) is 18.3 Å². The van der Waals surface area contributed by atoms with Gasteiger partial charge in [-0.1, -0.05) is 41.9 Å². The first kappa shape index (κ1) is 20.1. The number of nitriles is 1. The van der Waals surface area contributed by atoms with Crippen LogP contribution < -0.4 is 5.32 Å². The average Bonchev–Trinajstić information content (AvgIpc) is 3.47. The van der Waals surface area contributed by atoms with Gasteiger partial charge in [-0.2, -0.15) is 10.4 Å². The van der Waals surface area contributed by atoms with Crippen LogP contribution in [0.15, 0.2) is 60.2 Å². The molecule has 5 rings (SSSR count). The van der Waals surface area contributed by atoms with Crippen LogP contribution in [0.5, 0.6) is 0 Å². The second kappa shape index (κ2) is 8.38. The van der Waals surface area contributed by atoms with Crippen molar-refractivity contribution in [3.63, 3.8) is 0 Å². The molecule has 7 nitrogen and oxygen atoms in total. The summed E-state index contributed by atoms with van der Waals surface area (Å²) in [5, 5.41) is 18.1. The van der Waals surface area contributed by atoms with Crippen molar-refractivity contribution in [2.24, 2.45) is 0 Å². The summed E-state index contributed by atoms with van der Waals surface area (Å²) >= 11 is 7.97. The van der Waals surface area contributed by atoms with Gasteiger partial charge in [-0.15, -0.1) is 11.3 Å². The van der Waals surface area contributed by atoms with Gasteiger partial charge < -0.3 is 5.32 Å². The summed E-state index contributed by atoms with van der Waals surface area (Å²) in [6.07, 6.45) is 1.82. The Morgan fingerprint density at radius 3 is 2.75 bits per heavy atom. The van der Waals surface area contributed by atoms with Crippen molar-refractivity contribution in [1.82, 2.24) is 24.7 Å². The molecule has 0 saturated carbocycles. The lowest BCUT2D eigenvalue weighted by molar-refractivity contribution is 0.825. The fourth-order valence-corrected chi connectivity index (χ4v) is 4.42. The molecular formula is C23H16ClN7S. The van der Waals surface area contributed by atoms with Gasteiger partial charge in [-0.3, -0.25) is 0 Å². The fourth-order valence-electron chi connectivity index (χ4n) is 3.36. The van der Waals surface area contributed by atoms with Crippen LogP contribution in [0.2, 0.25) is 5.02 Å². The molecule has 0 saturated heterocycles. The predicted molar refractivity (Wildman–Crippen MR) is 126 cm³/mol. The summed E-state index contributed by atoms with van der Waals surface area (Å²) in [6, 6.07) is 17.7. The number of hydrogen-bond donors (Lipinski definition) is 1. The Balaban J connectivity index is 1.66. The molecule has 3 aromatic heterocycles. The van der Waals surface area contributed by atoms with Gasteiger partial charge in [-0.25, -0.2) is 19.6 Å². The first-order valence-corrected chi connectivity index (χ1v) is 11.0. The highest BCUT2D eigenvalue weighted by Gasteiger charge is 2.19. The molecule has 0 aliphatic rings. The van der Waals surface area contributed by atoms with Gasteiger partial charge in [-0.05, 0) is 30.7 Å². The average molecular weight is 458 g/mol. The SMILES string of the molecule is Cc1ccn(-c2nc(NCc3ccccc3)c(C#N)nc2-c2cc(Cl)c3ncsc3c2)n1. The summed E-state index contributed by atoms with van der Waals surface area (Å²) in [7, 11) is 0. The second-order valence-electron chi connectivity index (χ2n) is 7.10. The molecule has 1 N–H and O–H groups in total. The third kappa shape index (κ3) is 3.80. The normalized spacial score (nSPS) is 10.9. The van der Waals surface area contributed by atoms with E-state index in [4.69, 9.17) is 16.6 Å². The zero-order valence-electron chi connectivity index (χ0n) is 17.0. The van der Waals surface area contributed by atoms with E-state index >= 15 is 0 Å². The van der Waals surface area contributed by atoms with Crippen molar-refractivity contribution in [3.8, 4) is 23.1 Å². The Labute approximate surface area is 193 Å². The predicted octanol–water partition coefficient (Wildman–Crippen LogP) is 5.38. The highest BCUT2D eigenvalue weighted by atomic mass is 35.5. The number of halogens is 1. The maximum atomic E-state index is 9.80. The Morgan fingerprint density at radius 2 is 2.00 bits per heavy atom. The van der Waals surface area contributed by atoms with Gasteiger partial charge in [0.15, 0.2) is 17.3 Å². The Kier molecular flexibility index (Phi) is 5.27. The van der Waals surface area contributed by atoms with E-state index in [0.29, 0.717) is 28.9 Å². The molecule has 0 amide bonds. The van der Waals surface area contributed by atoms with Gasteiger partial charge in [0.05, 0.1) is 26.4 Å². The van der Waals surface area contributed by atoms with Crippen molar-refractivity contribution in [3.05, 3.63) is 82.2 Å². The van der Waals surface area contributed by atoms with Crippen LogP contribution in [0.25, 0.3) is 27.3 Å². The van der Waals surface area contributed by atoms with Gasteiger partial charge in [0.1, 0.15) is 11.8 Å². The zero-order chi connectivity index (χ0) is 22.1. The van der Waals surface area contributed by atoms with Gasteiger partial charge in [0.2, 0.25) is 0 Å². The highest BCUT2D eigenvalue weighted by Crippen LogP contribution is 2.34. The number of benzene rings is 2. The molecule has 0 aliphatic carbocycles. The number of aromatic nitrogens is 5. The van der Waals surface area contributed by atoms with Crippen LogP contribution in [0, 0.1) is 18.3 Å². The number of thiazole rings is 1. The summed E-state index contributed by atoms with van der Waals surface area (Å²) < 4.78 is 2.60. The van der Waals surface area contributed by atoms with Crippen LogP contribution in [-0.4, -0.2) is 24.7 Å². The monoisotopic (exact) mass is 457 g/mol. The summed E-state index contributed by atoms with van der Waals surface area (Å²) in [5.74, 6) is 0.904. The minimum absolute atomic E-state index is 0.198. The third-order valence-corrected chi connectivity index (χ3v) is 5.95. The number of nitrogens with one attached hydrogen (secondary N) is 1. The zero-order valence-corrected chi connectivity index (χ0v) is 18.5. The first-order chi connectivity index (χ1) is 15.6. The Morgan fingerprint density at radius 1 is 1.16 bits per heavy atom. The van der Waals surface area contributed by atoms with Crippen molar-refractivity contribution in [1.29, 1.82) is 5.26 Å². The summed E-state index contributed by atoms with van der Waals surface area (Å²) in [6.45, 7) is 2.42. The van der Waals surface area contributed by atoms with E-state index in [0.717, 1.165) is 27.0 Å². The molecule has 0 aliphatic heterocycles. The van der Waals surface area contributed by atoms with E-state index in [1.807, 2.05) is 55.6 Å². The smallest absolute Gasteiger partial charge is 0.183 e. The minimum Gasteiger partial charge on any atom is -0.364 e. The van der Waals surface area contributed by atoms with Crippen molar-refractivity contribution < 1.29 is 0 Å². The van der Waals surface area contributed by atoms with Crippen LogP contribution in [0.1, 0.15) is 17.0 Å². The second-order valence-corrected chi connectivity index (χ2v) is 8.40. The minimum atomic E-state index is 0.198. The third-order valence-electron chi connectivity index (χ3n) is 4.89. The highest BCUT2D eigenvalue weighted by molar-refractivity contribution is 7.16. The van der Waals surface area contributed by atoms with Crippen LogP contribution in [-0.2, 0) is 6.54 Å². The molecule has 2 aromatic carbocycles. The number of fused-ring (bicyclic) bond motifs is 1. The van der Waals surface area contributed by atoms with Crippen LogP contribution in [0.4, 0.5) is 5.82 Å². The number of nitrogens with zero attached hydrogens (tertiary/aromatic N) is 6. The molecule has 0 fully saturated rings. The van der Waals surface area contributed by atoms with Crippen molar-refractivity contribution >= 4 is 39.0 Å². The molecule has 0 spiro atoms. The van der Waals surface area contributed by atoms with E-state index < -0.39 is 0 Å². The largest absolute Gasteiger partial charge is 0.364 e. The molecule has 0 radical (unpaired) electrons. The lowest BCUT2D eigenvalue weighted by Crippen LogP contribution is -2.11. The van der Waals surface area contributed by atoms with E-state index in [1.54, 1.807) is 16.3 Å². The van der Waals surface area contributed by atoms with E-state index in [1.165, 1.54) is 11.3 Å². The van der Waals surface area contributed by atoms with E-state index in [9.17, 15) is 5.26 Å². The fraction of sp³-hybridized carbons (Fsp3) is 0.0870. The van der Waals surface area contributed by atoms with E-state index in [-0.39, 0.29) is 5.69 Å². The topological polar surface area (TPSA) is 92.3 Å².